The fourth-order valence-electron chi connectivity index (χ4n) is 4.12. The molecule has 35 heavy (non-hydrogen) atoms. The van der Waals surface area contributed by atoms with Crippen LogP contribution in [0.1, 0.15) is 47.3 Å². The smallest absolute Gasteiger partial charge is 0.340 e. The van der Waals surface area contributed by atoms with E-state index >= 15 is 0 Å². The number of ether oxygens (including phenoxy) is 3. The number of carbonyl (C=O) groups excluding carboxylic acids is 3. The van der Waals surface area contributed by atoms with Crippen LogP contribution in [0.4, 0.5) is 5.69 Å². The molecule has 2 aromatic rings. The van der Waals surface area contributed by atoms with Crippen LogP contribution in [0.15, 0.2) is 29.6 Å². The molecule has 1 aromatic carbocycles. The van der Waals surface area contributed by atoms with E-state index in [-0.39, 0.29) is 29.3 Å². The van der Waals surface area contributed by atoms with Gasteiger partial charge >= 0.3 is 5.97 Å². The average Bonchev–Trinajstić information content (AvgIpc) is 3.39. The molecule has 0 spiro atoms. The summed E-state index contributed by atoms with van der Waals surface area (Å²) in [7, 11) is 4.43. The minimum absolute atomic E-state index is 0.0188. The number of likely N-dealkylation sites (N-methyl/N-ethyl adjacent to an activating group) is 1. The minimum Gasteiger partial charge on any atom is -0.493 e. The van der Waals surface area contributed by atoms with Crippen molar-refractivity contribution >= 4 is 34.8 Å². The number of benzene rings is 1. The highest BCUT2D eigenvalue weighted by atomic mass is 32.1. The van der Waals surface area contributed by atoms with Crippen LogP contribution >= 0.6 is 11.3 Å². The Labute approximate surface area is 208 Å². The summed E-state index contributed by atoms with van der Waals surface area (Å²) in [5.74, 6) is -1.01. The van der Waals surface area contributed by atoms with Crippen LogP contribution < -0.4 is 14.8 Å². The summed E-state index contributed by atoms with van der Waals surface area (Å²) in [5, 5.41) is 14.3. The molecule has 1 saturated carbocycles. The van der Waals surface area contributed by atoms with Gasteiger partial charge < -0.3 is 24.4 Å². The number of hydrogen-bond acceptors (Lipinski definition) is 8. The summed E-state index contributed by atoms with van der Waals surface area (Å²) >= 11 is 1.45. The van der Waals surface area contributed by atoms with Gasteiger partial charge in [0.05, 0.1) is 38.0 Å². The SMILES string of the molecule is COc1cc(NC(=O)Cc2cccs2)c(C(=O)OCC(=O)N(C)C2(C#N)CCCCC2)cc1OC. The van der Waals surface area contributed by atoms with Crippen LogP contribution in [0.2, 0.25) is 0 Å². The quantitative estimate of drug-likeness (QED) is 0.522. The molecule has 0 bridgehead atoms. The van der Waals surface area contributed by atoms with Crippen molar-refractivity contribution < 1.29 is 28.6 Å². The number of nitrogens with zero attached hydrogens (tertiary/aromatic N) is 2. The lowest BCUT2D eigenvalue weighted by molar-refractivity contribution is -0.138. The van der Waals surface area contributed by atoms with Gasteiger partial charge in [-0.15, -0.1) is 11.3 Å². The fraction of sp³-hybridized carbons (Fsp3) is 0.440. The van der Waals surface area contributed by atoms with Crippen LogP contribution in [0.5, 0.6) is 11.5 Å². The van der Waals surface area contributed by atoms with E-state index in [9.17, 15) is 19.6 Å². The molecule has 1 fully saturated rings. The zero-order valence-corrected chi connectivity index (χ0v) is 20.9. The Balaban J connectivity index is 1.76. The second-order valence-corrected chi connectivity index (χ2v) is 9.32. The Morgan fingerprint density at radius 3 is 2.43 bits per heavy atom. The van der Waals surface area contributed by atoms with Gasteiger partial charge in [-0.3, -0.25) is 9.59 Å². The Morgan fingerprint density at radius 2 is 1.83 bits per heavy atom. The van der Waals surface area contributed by atoms with E-state index in [2.05, 4.69) is 11.4 Å². The number of rotatable bonds is 9. The number of amides is 2. The molecule has 0 atom stereocenters. The number of anilines is 1. The first-order valence-corrected chi connectivity index (χ1v) is 12.1. The molecule has 1 aliphatic rings. The second-order valence-electron chi connectivity index (χ2n) is 8.29. The summed E-state index contributed by atoms with van der Waals surface area (Å²) in [5.41, 5.74) is -0.687. The standard InChI is InChI=1S/C25H29N3O6S/c1-28(25(16-26)9-5-4-6-10-25)23(30)15-34-24(31)18-13-20(32-2)21(33-3)14-19(18)27-22(29)12-17-8-7-11-35-17/h7-8,11,13-14H,4-6,9-10,12,15H2,1-3H3,(H,27,29). The van der Waals surface area contributed by atoms with E-state index in [0.29, 0.717) is 18.6 Å². The van der Waals surface area contributed by atoms with Gasteiger partial charge in [-0.25, -0.2) is 4.79 Å². The van der Waals surface area contributed by atoms with Crippen molar-refractivity contribution in [2.24, 2.45) is 0 Å². The summed E-state index contributed by atoms with van der Waals surface area (Å²) < 4.78 is 15.9. The molecular formula is C25H29N3O6S. The molecule has 1 aromatic heterocycles. The predicted molar refractivity (Wildman–Crippen MR) is 131 cm³/mol. The van der Waals surface area contributed by atoms with Crippen molar-refractivity contribution in [2.75, 3.05) is 33.2 Å². The molecule has 2 amide bonds. The van der Waals surface area contributed by atoms with Gasteiger partial charge in [-0.05, 0) is 24.3 Å². The number of methoxy groups -OCH3 is 2. The first-order valence-electron chi connectivity index (χ1n) is 11.3. The summed E-state index contributed by atoms with van der Waals surface area (Å²) in [6.07, 6.45) is 4.09. The lowest BCUT2D eigenvalue weighted by Crippen LogP contribution is -2.51. The third-order valence-corrected chi connectivity index (χ3v) is 7.04. The van der Waals surface area contributed by atoms with Gasteiger partial charge in [-0.2, -0.15) is 5.26 Å². The molecule has 1 N–H and O–H groups in total. The summed E-state index contributed by atoms with van der Waals surface area (Å²) in [4.78, 5) is 40.6. The molecule has 0 radical (unpaired) electrons. The molecule has 0 unspecified atom stereocenters. The number of esters is 1. The third-order valence-electron chi connectivity index (χ3n) is 6.16. The van der Waals surface area contributed by atoms with E-state index in [1.165, 1.54) is 42.6 Å². The molecular weight excluding hydrogens is 470 g/mol. The van der Waals surface area contributed by atoms with Crippen LogP contribution in [-0.4, -0.2) is 56.1 Å². The van der Waals surface area contributed by atoms with Crippen LogP contribution in [-0.2, 0) is 20.7 Å². The van der Waals surface area contributed by atoms with Gasteiger partial charge in [0.25, 0.3) is 5.91 Å². The normalized spacial score (nSPS) is 14.3. The maximum absolute atomic E-state index is 13.0. The second kappa shape index (κ2) is 11.7. The zero-order chi connectivity index (χ0) is 25.4. The molecule has 9 nitrogen and oxygen atoms in total. The van der Waals surface area contributed by atoms with Crippen molar-refractivity contribution in [1.82, 2.24) is 4.90 Å². The van der Waals surface area contributed by atoms with Crippen molar-refractivity contribution in [3.05, 3.63) is 40.1 Å². The van der Waals surface area contributed by atoms with Crippen molar-refractivity contribution in [2.45, 2.75) is 44.1 Å². The number of carbonyl (C=O) groups is 3. The maximum atomic E-state index is 13.0. The minimum atomic E-state index is -0.883. The Kier molecular flexibility index (Phi) is 8.71. The highest BCUT2D eigenvalue weighted by molar-refractivity contribution is 7.10. The monoisotopic (exact) mass is 499 g/mol. The third kappa shape index (κ3) is 6.11. The van der Waals surface area contributed by atoms with Gasteiger partial charge in [0.2, 0.25) is 5.91 Å². The van der Waals surface area contributed by atoms with Crippen LogP contribution in [0.25, 0.3) is 0 Å². The Hall–Kier alpha value is -3.58. The zero-order valence-electron chi connectivity index (χ0n) is 20.1. The molecule has 10 heteroatoms. The summed E-state index contributed by atoms with van der Waals surface area (Å²) in [6, 6.07) is 8.85. The number of nitriles is 1. The lowest BCUT2D eigenvalue weighted by Gasteiger charge is -2.38. The first-order chi connectivity index (χ1) is 16.8. The van der Waals surface area contributed by atoms with Crippen LogP contribution in [0, 0.1) is 11.3 Å². The van der Waals surface area contributed by atoms with Crippen molar-refractivity contribution in [3.63, 3.8) is 0 Å². The van der Waals surface area contributed by atoms with Crippen molar-refractivity contribution in [3.8, 4) is 17.6 Å². The van der Waals surface area contributed by atoms with Gasteiger partial charge in [0.15, 0.2) is 18.1 Å². The molecule has 3 rings (SSSR count). The van der Waals surface area contributed by atoms with E-state index < -0.39 is 24.0 Å². The highest BCUT2D eigenvalue weighted by Gasteiger charge is 2.39. The van der Waals surface area contributed by atoms with Crippen molar-refractivity contribution in [1.29, 1.82) is 5.26 Å². The fourth-order valence-corrected chi connectivity index (χ4v) is 4.82. The first kappa shape index (κ1) is 26.0. The highest BCUT2D eigenvalue weighted by Crippen LogP contribution is 2.35. The largest absolute Gasteiger partial charge is 0.493 e. The van der Waals surface area contributed by atoms with Gasteiger partial charge in [-0.1, -0.05) is 25.3 Å². The Bertz CT molecular complexity index is 1100. The lowest BCUT2D eigenvalue weighted by atomic mass is 9.81. The molecule has 0 aliphatic heterocycles. The number of thiophene rings is 1. The topological polar surface area (TPSA) is 118 Å². The predicted octanol–water partition coefficient (Wildman–Crippen LogP) is 3.79. The van der Waals surface area contributed by atoms with Gasteiger partial charge in [0, 0.05) is 24.1 Å². The van der Waals surface area contributed by atoms with E-state index in [0.717, 1.165) is 24.1 Å². The average molecular weight is 500 g/mol. The Morgan fingerprint density at radius 1 is 1.14 bits per heavy atom. The molecule has 186 valence electrons. The molecule has 1 aliphatic carbocycles. The van der Waals surface area contributed by atoms with Gasteiger partial charge in [0.1, 0.15) is 5.54 Å². The van der Waals surface area contributed by atoms with E-state index in [1.807, 2.05) is 17.5 Å². The maximum Gasteiger partial charge on any atom is 0.340 e. The molecule has 0 saturated heterocycles. The summed E-state index contributed by atoms with van der Waals surface area (Å²) in [6.45, 7) is -0.532. The molecule has 1 heterocycles. The van der Waals surface area contributed by atoms with E-state index in [4.69, 9.17) is 14.2 Å². The number of hydrogen-bond donors (Lipinski definition) is 1. The van der Waals surface area contributed by atoms with Crippen LogP contribution in [0.3, 0.4) is 0 Å². The number of nitrogens with one attached hydrogen (secondary N) is 1. The van der Waals surface area contributed by atoms with E-state index in [1.54, 1.807) is 7.05 Å².